The summed E-state index contributed by atoms with van der Waals surface area (Å²) in [4.78, 5) is 22.5. The summed E-state index contributed by atoms with van der Waals surface area (Å²) in [6.45, 7) is 2.20. The highest BCUT2D eigenvalue weighted by Crippen LogP contribution is 2.26. The Hall–Kier alpha value is -3.58. The van der Waals surface area contributed by atoms with Gasteiger partial charge >= 0.3 is 0 Å². The number of ether oxygens (including phenoxy) is 1. The van der Waals surface area contributed by atoms with Crippen molar-refractivity contribution in [1.82, 2.24) is 0 Å². The first kappa shape index (κ1) is 21.1. The van der Waals surface area contributed by atoms with Gasteiger partial charge in [0.2, 0.25) is 0 Å². The fraction of sp³-hybridized carbons (Fsp3) is 0.136. The lowest BCUT2D eigenvalue weighted by Crippen LogP contribution is -2.20. The number of nitro benzene ring substituents is 1. The number of halogens is 1. The van der Waals surface area contributed by atoms with Gasteiger partial charge in [-0.25, -0.2) is 0 Å². The van der Waals surface area contributed by atoms with Gasteiger partial charge in [0.25, 0.3) is 11.6 Å². The number of benzene rings is 3. The zero-order chi connectivity index (χ0) is 21.5. The number of nitro groups is 1. The number of rotatable bonds is 8. The van der Waals surface area contributed by atoms with E-state index in [1.165, 1.54) is 12.1 Å². The van der Waals surface area contributed by atoms with Crippen molar-refractivity contribution in [2.45, 2.75) is 13.5 Å². The standard InChI is InChI=1S/C22H20ClN3O4/c1-15-4-2-6-18(10-15)25-22(27)14-30-21-9-8-16(11-20(21)23)13-24-17-5-3-7-19(12-17)26(28)29/h2-12,24H,13-14H2,1H3,(H,25,27). The maximum absolute atomic E-state index is 12.1. The topological polar surface area (TPSA) is 93.5 Å². The summed E-state index contributed by atoms with van der Waals surface area (Å²) >= 11 is 6.27. The molecule has 0 saturated carbocycles. The van der Waals surface area contributed by atoms with Crippen molar-refractivity contribution < 1.29 is 14.5 Å². The number of anilines is 2. The minimum absolute atomic E-state index is 0.0192. The van der Waals surface area contributed by atoms with Gasteiger partial charge in [-0.05, 0) is 48.4 Å². The van der Waals surface area contributed by atoms with Crippen LogP contribution in [0.5, 0.6) is 5.75 Å². The van der Waals surface area contributed by atoms with Gasteiger partial charge < -0.3 is 15.4 Å². The lowest BCUT2D eigenvalue weighted by atomic mass is 10.2. The number of nitrogens with one attached hydrogen (secondary N) is 2. The average Bonchev–Trinajstić information content (AvgIpc) is 2.72. The highest BCUT2D eigenvalue weighted by molar-refractivity contribution is 6.32. The van der Waals surface area contributed by atoms with E-state index in [1.807, 2.05) is 31.2 Å². The molecule has 3 aromatic rings. The first-order valence-corrected chi connectivity index (χ1v) is 9.54. The van der Waals surface area contributed by atoms with Crippen LogP contribution in [-0.4, -0.2) is 17.4 Å². The zero-order valence-electron chi connectivity index (χ0n) is 16.2. The van der Waals surface area contributed by atoms with Crippen molar-refractivity contribution >= 4 is 34.6 Å². The molecule has 0 aromatic heterocycles. The normalized spacial score (nSPS) is 10.3. The fourth-order valence-electron chi connectivity index (χ4n) is 2.77. The molecule has 0 unspecified atom stereocenters. The van der Waals surface area contributed by atoms with Crippen LogP contribution >= 0.6 is 11.6 Å². The number of hydrogen-bond donors (Lipinski definition) is 2. The van der Waals surface area contributed by atoms with E-state index in [9.17, 15) is 14.9 Å². The van der Waals surface area contributed by atoms with Crippen LogP contribution < -0.4 is 15.4 Å². The Bertz CT molecular complexity index is 1070. The van der Waals surface area contributed by atoms with Gasteiger partial charge in [-0.2, -0.15) is 0 Å². The van der Waals surface area contributed by atoms with E-state index in [2.05, 4.69) is 10.6 Å². The highest BCUT2D eigenvalue weighted by Gasteiger charge is 2.09. The summed E-state index contributed by atoms with van der Waals surface area (Å²) < 4.78 is 5.52. The summed E-state index contributed by atoms with van der Waals surface area (Å²) in [6, 6.07) is 19.0. The molecule has 0 saturated heterocycles. The number of aryl methyl sites for hydroxylation is 1. The lowest BCUT2D eigenvalue weighted by molar-refractivity contribution is -0.384. The fourth-order valence-corrected chi connectivity index (χ4v) is 3.03. The molecule has 3 aromatic carbocycles. The molecule has 3 rings (SSSR count). The molecule has 0 spiro atoms. The smallest absolute Gasteiger partial charge is 0.271 e. The Labute approximate surface area is 178 Å². The van der Waals surface area contributed by atoms with Gasteiger partial charge in [-0.1, -0.05) is 35.9 Å². The molecule has 8 heteroatoms. The van der Waals surface area contributed by atoms with Crippen molar-refractivity contribution in [3.05, 3.63) is 93.0 Å². The van der Waals surface area contributed by atoms with Crippen LogP contribution in [0.25, 0.3) is 0 Å². The van der Waals surface area contributed by atoms with E-state index >= 15 is 0 Å². The van der Waals surface area contributed by atoms with Gasteiger partial charge in [0.05, 0.1) is 9.95 Å². The van der Waals surface area contributed by atoms with Gasteiger partial charge in [0.1, 0.15) is 5.75 Å². The predicted octanol–water partition coefficient (Wildman–Crippen LogP) is 5.19. The van der Waals surface area contributed by atoms with Crippen molar-refractivity contribution in [2.24, 2.45) is 0 Å². The van der Waals surface area contributed by atoms with Crippen molar-refractivity contribution in [3.63, 3.8) is 0 Å². The second-order valence-electron chi connectivity index (χ2n) is 6.63. The first-order chi connectivity index (χ1) is 14.4. The van der Waals surface area contributed by atoms with E-state index in [4.69, 9.17) is 16.3 Å². The minimum atomic E-state index is -0.441. The number of carbonyl (C=O) groups is 1. The number of carbonyl (C=O) groups excluding carboxylic acids is 1. The Balaban J connectivity index is 1.54. The van der Waals surface area contributed by atoms with Crippen molar-refractivity contribution in [3.8, 4) is 5.75 Å². The average molecular weight is 426 g/mol. The third-order valence-corrected chi connectivity index (χ3v) is 4.51. The summed E-state index contributed by atoms with van der Waals surface area (Å²) in [7, 11) is 0. The Morgan fingerprint density at radius 1 is 1.07 bits per heavy atom. The maximum Gasteiger partial charge on any atom is 0.271 e. The van der Waals surface area contributed by atoms with Gasteiger partial charge in [0.15, 0.2) is 6.61 Å². The zero-order valence-corrected chi connectivity index (χ0v) is 17.0. The Morgan fingerprint density at radius 2 is 1.83 bits per heavy atom. The third kappa shape index (κ3) is 5.96. The molecule has 0 aliphatic carbocycles. The number of hydrogen-bond acceptors (Lipinski definition) is 5. The monoisotopic (exact) mass is 425 g/mol. The Kier molecular flexibility index (Phi) is 6.87. The summed E-state index contributed by atoms with van der Waals surface area (Å²) in [5.41, 5.74) is 3.27. The number of non-ortho nitro benzene ring substituents is 1. The van der Waals surface area contributed by atoms with Crippen LogP contribution in [0.1, 0.15) is 11.1 Å². The number of amides is 1. The molecule has 0 radical (unpaired) electrons. The van der Waals surface area contributed by atoms with Gasteiger partial charge in [-0.3, -0.25) is 14.9 Å². The van der Waals surface area contributed by atoms with E-state index in [1.54, 1.807) is 30.3 Å². The molecule has 30 heavy (non-hydrogen) atoms. The van der Waals surface area contributed by atoms with Crippen LogP contribution in [0.4, 0.5) is 17.1 Å². The molecule has 154 valence electrons. The largest absolute Gasteiger partial charge is 0.482 e. The first-order valence-electron chi connectivity index (χ1n) is 9.17. The van der Waals surface area contributed by atoms with Crippen LogP contribution in [0.3, 0.4) is 0 Å². The van der Waals surface area contributed by atoms with E-state index < -0.39 is 4.92 Å². The quantitative estimate of drug-likeness (QED) is 0.383. The van der Waals surface area contributed by atoms with Crippen molar-refractivity contribution in [2.75, 3.05) is 17.2 Å². The molecular formula is C22H20ClN3O4. The summed E-state index contributed by atoms with van der Waals surface area (Å²) in [6.07, 6.45) is 0. The molecular weight excluding hydrogens is 406 g/mol. The second kappa shape index (κ2) is 9.76. The van der Waals surface area contributed by atoms with E-state index in [0.29, 0.717) is 28.7 Å². The molecule has 7 nitrogen and oxygen atoms in total. The molecule has 0 aliphatic rings. The SMILES string of the molecule is Cc1cccc(NC(=O)COc2ccc(CNc3cccc([N+](=O)[O-])c3)cc2Cl)c1. The van der Waals surface area contributed by atoms with Crippen LogP contribution in [-0.2, 0) is 11.3 Å². The number of nitrogens with zero attached hydrogens (tertiary/aromatic N) is 1. The minimum Gasteiger partial charge on any atom is -0.482 e. The van der Waals surface area contributed by atoms with Crippen molar-refractivity contribution in [1.29, 1.82) is 0 Å². The summed E-state index contributed by atoms with van der Waals surface area (Å²) in [5, 5.41) is 17.1. The Morgan fingerprint density at radius 3 is 2.57 bits per heavy atom. The van der Waals surface area contributed by atoms with Gasteiger partial charge in [-0.15, -0.1) is 0 Å². The lowest BCUT2D eigenvalue weighted by Gasteiger charge is -2.11. The summed E-state index contributed by atoms with van der Waals surface area (Å²) in [5.74, 6) is 0.114. The second-order valence-corrected chi connectivity index (χ2v) is 7.04. The molecule has 0 aliphatic heterocycles. The molecule has 0 atom stereocenters. The molecule has 0 heterocycles. The predicted molar refractivity (Wildman–Crippen MR) is 117 cm³/mol. The molecule has 2 N–H and O–H groups in total. The van der Waals surface area contributed by atoms with Crippen LogP contribution in [0.2, 0.25) is 5.02 Å². The molecule has 0 bridgehead atoms. The maximum atomic E-state index is 12.1. The van der Waals surface area contributed by atoms with Crippen LogP contribution in [0, 0.1) is 17.0 Å². The van der Waals surface area contributed by atoms with E-state index in [0.717, 1.165) is 11.1 Å². The molecule has 1 amide bonds. The van der Waals surface area contributed by atoms with E-state index in [-0.39, 0.29) is 18.2 Å². The van der Waals surface area contributed by atoms with Gasteiger partial charge in [0, 0.05) is 30.1 Å². The highest BCUT2D eigenvalue weighted by atomic mass is 35.5. The third-order valence-electron chi connectivity index (χ3n) is 4.21. The van der Waals surface area contributed by atoms with Crippen LogP contribution in [0.15, 0.2) is 66.7 Å². The molecule has 0 fully saturated rings.